The zero-order valence-electron chi connectivity index (χ0n) is 9.98. The van der Waals surface area contributed by atoms with E-state index in [1.807, 2.05) is 0 Å². The molecule has 0 radical (unpaired) electrons. The smallest absolute Gasteiger partial charge is 0.000508 e. The number of rotatable bonds is 7. The van der Waals surface area contributed by atoms with E-state index in [-0.39, 0.29) is 0 Å². The van der Waals surface area contributed by atoms with Gasteiger partial charge in [-0.2, -0.15) is 0 Å². The quantitative estimate of drug-likeness (QED) is 0.654. The number of nitrogens with zero attached hydrogens (tertiary/aromatic N) is 1. The van der Waals surface area contributed by atoms with Gasteiger partial charge in [0.25, 0.3) is 0 Å². The minimum absolute atomic E-state index is 0.513. The van der Waals surface area contributed by atoms with Gasteiger partial charge >= 0.3 is 0 Å². The van der Waals surface area contributed by atoms with Crippen molar-refractivity contribution in [3.05, 3.63) is 0 Å². The summed E-state index contributed by atoms with van der Waals surface area (Å²) in [6.07, 6.45) is 3.85. The molecular formula is C11H26N2. The molecule has 0 saturated carbocycles. The fourth-order valence-corrected chi connectivity index (χ4v) is 1.78. The van der Waals surface area contributed by atoms with Gasteiger partial charge in [-0.3, -0.25) is 0 Å². The molecule has 0 atom stereocenters. The zero-order chi connectivity index (χ0) is 10.3. The topological polar surface area (TPSA) is 15.3 Å². The highest BCUT2D eigenvalue weighted by atomic mass is 15.0. The van der Waals surface area contributed by atoms with Crippen LogP contribution in [0.3, 0.4) is 0 Å². The summed E-state index contributed by atoms with van der Waals surface area (Å²) in [5.74, 6) is 0. The van der Waals surface area contributed by atoms with Crippen molar-refractivity contribution in [2.45, 2.75) is 33.1 Å². The van der Waals surface area contributed by atoms with Gasteiger partial charge in [0.1, 0.15) is 0 Å². The molecule has 0 aliphatic heterocycles. The summed E-state index contributed by atoms with van der Waals surface area (Å²) < 4.78 is 0. The van der Waals surface area contributed by atoms with Crippen LogP contribution in [-0.4, -0.2) is 39.1 Å². The summed E-state index contributed by atoms with van der Waals surface area (Å²) in [7, 11) is 6.35. The molecule has 80 valence electrons. The molecule has 0 spiro atoms. The molecule has 0 aromatic heterocycles. The lowest BCUT2D eigenvalue weighted by atomic mass is 9.79. The molecule has 0 saturated heterocycles. The van der Waals surface area contributed by atoms with Crippen molar-refractivity contribution in [3.63, 3.8) is 0 Å². The van der Waals surface area contributed by atoms with Crippen molar-refractivity contribution in [1.29, 1.82) is 0 Å². The maximum absolute atomic E-state index is 3.32. The average molecular weight is 186 g/mol. The number of hydrogen-bond donors (Lipinski definition) is 1. The minimum Gasteiger partial charge on any atom is -0.319 e. The molecular weight excluding hydrogens is 160 g/mol. The second-order valence-corrected chi connectivity index (χ2v) is 4.29. The Bertz CT molecular complexity index is 117. The predicted octanol–water partition coefficient (Wildman–Crippen LogP) is 1.96. The Hall–Kier alpha value is -0.0800. The van der Waals surface area contributed by atoms with Crippen LogP contribution in [-0.2, 0) is 0 Å². The first-order chi connectivity index (χ1) is 6.10. The van der Waals surface area contributed by atoms with Crippen LogP contribution in [0.4, 0.5) is 0 Å². The zero-order valence-corrected chi connectivity index (χ0v) is 9.98. The summed E-state index contributed by atoms with van der Waals surface area (Å²) in [4.78, 5) is 2.27. The van der Waals surface area contributed by atoms with Crippen LogP contribution in [0.5, 0.6) is 0 Å². The fourth-order valence-electron chi connectivity index (χ4n) is 1.78. The van der Waals surface area contributed by atoms with E-state index in [9.17, 15) is 0 Å². The SMILES string of the molecule is CCC(CC)(CCN(C)C)CNC. The van der Waals surface area contributed by atoms with Crippen molar-refractivity contribution in [2.75, 3.05) is 34.2 Å². The van der Waals surface area contributed by atoms with E-state index in [0.717, 1.165) is 6.54 Å². The molecule has 13 heavy (non-hydrogen) atoms. The summed E-state index contributed by atoms with van der Waals surface area (Å²) in [6, 6.07) is 0. The third kappa shape index (κ3) is 4.63. The Morgan fingerprint density at radius 2 is 1.69 bits per heavy atom. The molecule has 0 rings (SSSR count). The molecule has 1 N–H and O–H groups in total. The molecule has 0 fully saturated rings. The Labute approximate surface area is 83.7 Å². The molecule has 0 heterocycles. The lowest BCUT2D eigenvalue weighted by molar-refractivity contribution is 0.204. The molecule has 0 bridgehead atoms. The first kappa shape index (κ1) is 12.9. The van der Waals surface area contributed by atoms with E-state index in [2.05, 4.69) is 45.2 Å². The second-order valence-electron chi connectivity index (χ2n) is 4.29. The van der Waals surface area contributed by atoms with Crippen molar-refractivity contribution in [1.82, 2.24) is 10.2 Å². The summed E-state index contributed by atoms with van der Waals surface area (Å²) >= 11 is 0. The highest BCUT2D eigenvalue weighted by molar-refractivity contribution is 4.79. The molecule has 0 unspecified atom stereocenters. The Kier molecular flexibility index (Phi) is 6.35. The van der Waals surface area contributed by atoms with E-state index >= 15 is 0 Å². The lowest BCUT2D eigenvalue weighted by Gasteiger charge is -2.32. The maximum Gasteiger partial charge on any atom is 0.000508 e. The predicted molar refractivity (Wildman–Crippen MR) is 60.1 cm³/mol. The van der Waals surface area contributed by atoms with E-state index in [1.165, 1.54) is 25.8 Å². The monoisotopic (exact) mass is 186 g/mol. The second kappa shape index (κ2) is 6.39. The summed E-state index contributed by atoms with van der Waals surface area (Å²) in [6.45, 7) is 6.95. The van der Waals surface area contributed by atoms with E-state index in [0.29, 0.717) is 5.41 Å². The van der Waals surface area contributed by atoms with Crippen molar-refractivity contribution in [2.24, 2.45) is 5.41 Å². The van der Waals surface area contributed by atoms with Crippen LogP contribution >= 0.6 is 0 Å². The van der Waals surface area contributed by atoms with Gasteiger partial charge in [0.15, 0.2) is 0 Å². The Balaban J connectivity index is 4.04. The van der Waals surface area contributed by atoms with E-state index in [1.54, 1.807) is 0 Å². The van der Waals surface area contributed by atoms with Gasteiger partial charge in [-0.05, 0) is 52.4 Å². The largest absolute Gasteiger partial charge is 0.319 e. The summed E-state index contributed by atoms with van der Waals surface area (Å²) in [5, 5.41) is 3.32. The highest BCUT2D eigenvalue weighted by Gasteiger charge is 2.24. The molecule has 0 aromatic carbocycles. The summed E-state index contributed by atoms with van der Waals surface area (Å²) in [5.41, 5.74) is 0.513. The van der Waals surface area contributed by atoms with Crippen LogP contribution in [0, 0.1) is 5.41 Å². The standard InChI is InChI=1S/C11H26N2/c1-6-11(7-2,10-12-3)8-9-13(4)5/h12H,6-10H2,1-5H3. The number of nitrogens with one attached hydrogen (secondary N) is 1. The van der Waals surface area contributed by atoms with Crippen molar-refractivity contribution < 1.29 is 0 Å². The molecule has 0 aliphatic carbocycles. The van der Waals surface area contributed by atoms with Gasteiger partial charge in [-0.1, -0.05) is 13.8 Å². The molecule has 0 aromatic rings. The van der Waals surface area contributed by atoms with E-state index < -0.39 is 0 Å². The fraction of sp³-hybridized carbons (Fsp3) is 1.00. The van der Waals surface area contributed by atoms with Gasteiger partial charge in [0.2, 0.25) is 0 Å². The minimum atomic E-state index is 0.513. The first-order valence-electron chi connectivity index (χ1n) is 5.39. The number of hydrogen-bond acceptors (Lipinski definition) is 2. The van der Waals surface area contributed by atoms with Crippen molar-refractivity contribution >= 4 is 0 Å². The highest BCUT2D eigenvalue weighted by Crippen LogP contribution is 2.29. The third-order valence-electron chi connectivity index (χ3n) is 3.14. The van der Waals surface area contributed by atoms with Crippen LogP contribution in [0.25, 0.3) is 0 Å². The van der Waals surface area contributed by atoms with Gasteiger partial charge in [0, 0.05) is 6.54 Å². The van der Waals surface area contributed by atoms with Gasteiger partial charge < -0.3 is 10.2 Å². The average Bonchev–Trinajstić information content (AvgIpc) is 2.12. The van der Waals surface area contributed by atoms with Crippen LogP contribution in [0.1, 0.15) is 33.1 Å². The van der Waals surface area contributed by atoms with Crippen LogP contribution < -0.4 is 5.32 Å². The third-order valence-corrected chi connectivity index (χ3v) is 3.14. The lowest BCUT2D eigenvalue weighted by Crippen LogP contribution is -2.34. The van der Waals surface area contributed by atoms with Crippen LogP contribution in [0.2, 0.25) is 0 Å². The first-order valence-corrected chi connectivity index (χ1v) is 5.39. The Morgan fingerprint density at radius 3 is 2.00 bits per heavy atom. The van der Waals surface area contributed by atoms with Gasteiger partial charge in [-0.25, -0.2) is 0 Å². The Morgan fingerprint density at radius 1 is 1.15 bits per heavy atom. The van der Waals surface area contributed by atoms with Gasteiger partial charge in [0.05, 0.1) is 0 Å². The molecule has 2 nitrogen and oxygen atoms in total. The van der Waals surface area contributed by atoms with E-state index in [4.69, 9.17) is 0 Å². The molecule has 0 amide bonds. The normalized spacial score (nSPS) is 12.5. The molecule has 0 aliphatic rings. The van der Waals surface area contributed by atoms with Gasteiger partial charge in [-0.15, -0.1) is 0 Å². The molecule has 2 heteroatoms. The van der Waals surface area contributed by atoms with Crippen LogP contribution in [0.15, 0.2) is 0 Å². The maximum atomic E-state index is 3.32. The van der Waals surface area contributed by atoms with Crippen molar-refractivity contribution in [3.8, 4) is 0 Å².